The van der Waals surface area contributed by atoms with E-state index < -0.39 is 0 Å². The molecule has 0 saturated heterocycles. The summed E-state index contributed by atoms with van der Waals surface area (Å²) in [6.45, 7) is 3.24. The maximum atomic E-state index is 12.2. The largest absolute Gasteiger partial charge is 0.352 e. The van der Waals surface area contributed by atoms with Crippen LogP contribution in [0.25, 0.3) is 0 Å². The fraction of sp³-hybridized carbons (Fsp3) is 0.812. The lowest BCUT2D eigenvalue weighted by molar-refractivity contribution is -0.119. The summed E-state index contributed by atoms with van der Waals surface area (Å²) in [6, 6.07) is 0.359. The molecule has 1 aromatic heterocycles. The number of aryl methyl sites for hydroxylation is 1. The molecule has 5 nitrogen and oxygen atoms in total. The number of aromatic nitrogens is 3. The summed E-state index contributed by atoms with van der Waals surface area (Å²) in [4.78, 5) is 12.2. The fourth-order valence-corrected chi connectivity index (χ4v) is 4.27. The number of nitrogens with zero attached hydrogens (tertiary/aromatic N) is 3. The molecule has 3 rings (SSSR count). The van der Waals surface area contributed by atoms with E-state index in [1.807, 2.05) is 0 Å². The van der Waals surface area contributed by atoms with Crippen molar-refractivity contribution in [3.8, 4) is 0 Å². The number of thioether (sulfide) groups is 1. The van der Waals surface area contributed by atoms with Crippen molar-refractivity contribution < 1.29 is 4.79 Å². The van der Waals surface area contributed by atoms with Gasteiger partial charge in [0.1, 0.15) is 5.82 Å². The van der Waals surface area contributed by atoms with Gasteiger partial charge in [0.25, 0.3) is 0 Å². The van der Waals surface area contributed by atoms with Crippen LogP contribution in [0.15, 0.2) is 5.16 Å². The van der Waals surface area contributed by atoms with Crippen molar-refractivity contribution in [1.82, 2.24) is 20.1 Å². The molecule has 1 aromatic rings. The molecule has 0 unspecified atom stereocenters. The summed E-state index contributed by atoms with van der Waals surface area (Å²) in [5.41, 5.74) is 0. The number of carbonyl (C=O) groups is 1. The number of carbonyl (C=O) groups excluding carboxylic acids is 1. The van der Waals surface area contributed by atoms with Gasteiger partial charge in [0.15, 0.2) is 5.16 Å². The molecule has 0 bridgehead atoms. The Balaban J connectivity index is 1.52. The van der Waals surface area contributed by atoms with Gasteiger partial charge in [0.05, 0.1) is 5.75 Å². The summed E-state index contributed by atoms with van der Waals surface area (Å²) >= 11 is 1.53. The predicted octanol–water partition coefficient (Wildman–Crippen LogP) is 2.79. The predicted molar refractivity (Wildman–Crippen MR) is 87.9 cm³/mol. The maximum absolute atomic E-state index is 12.2. The van der Waals surface area contributed by atoms with Crippen molar-refractivity contribution in [2.24, 2.45) is 5.92 Å². The van der Waals surface area contributed by atoms with E-state index in [0.717, 1.165) is 30.4 Å². The second-order valence-electron chi connectivity index (χ2n) is 6.59. The van der Waals surface area contributed by atoms with Gasteiger partial charge in [0.2, 0.25) is 5.91 Å². The van der Waals surface area contributed by atoms with Crippen LogP contribution >= 0.6 is 11.8 Å². The zero-order valence-corrected chi connectivity index (χ0v) is 14.2. The third-order valence-electron chi connectivity index (χ3n) is 4.87. The van der Waals surface area contributed by atoms with Crippen LogP contribution in [0.3, 0.4) is 0 Å². The Bertz CT molecular complexity index is 516. The molecule has 1 fully saturated rings. The Morgan fingerprint density at radius 1 is 1.23 bits per heavy atom. The van der Waals surface area contributed by atoms with Crippen molar-refractivity contribution in [3.63, 3.8) is 0 Å². The zero-order chi connectivity index (χ0) is 15.4. The van der Waals surface area contributed by atoms with Crippen LogP contribution in [-0.2, 0) is 17.8 Å². The van der Waals surface area contributed by atoms with Crippen LogP contribution in [0.2, 0.25) is 0 Å². The standard InChI is InChI=1S/C16H26N4OS/c1-12-7-4-5-8-13(12)17-15(21)11-22-16-19-18-14-9-3-2-6-10-20(14)16/h12-13H,2-11H2,1H3,(H,17,21)/t12-,13-/m1/s1. The first-order valence-electron chi connectivity index (χ1n) is 8.58. The van der Waals surface area contributed by atoms with E-state index in [1.54, 1.807) is 0 Å². The molecule has 2 heterocycles. The fourth-order valence-electron chi connectivity index (χ4n) is 3.47. The van der Waals surface area contributed by atoms with E-state index in [1.165, 1.54) is 50.3 Å². The van der Waals surface area contributed by atoms with Gasteiger partial charge in [-0.3, -0.25) is 4.79 Å². The first-order valence-corrected chi connectivity index (χ1v) is 9.57. The third-order valence-corrected chi connectivity index (χ3v) is 5.83. The highest BCUT2D eigenvalue weighted by molar-refractivity contribution is 7.99. The topological polar surface area (TPSA) is 59.8 Å². The minimum Gasteiger partial charge on any atom is -0.352 e. The van der Waals surface area contributed by atoms with Crippen LogP contribution in [0.5, 0.6) is 0 Å². The summed E-state index contributed by atoms with van der Waals surface area (Å²) in [7, 11) is 0. The highest BCUT2D eigenvalue weighted by Crippen LogP contribution is 2.25. The van der Waals surface area contributed by atoms with Gasteiger partial charge >= 0.3 is 0 Å². The Morgan fingerprint density at radius 2 is 2.09 bits per heavy atom. The minimum absolute atomic E-state index is 0.134. The zero-order valence-electron chi connectivity index (χ0n) is 13.4. The summed E-state index contributed by atoms with van der Waals surface area (Å²) < 4.78 is 2.20. The minimum atomic E-state index is 0.134. The first kappa shape index (κ1) is 15.8. The van der Waals surface area contributed by atoms with Crippen LogP contribution in [0.4, 0.5) is 0 Å². The molecule has 0 spiro atoms. The molecule has 22 heavy (non-hydrogen) atoms. The Labute approximate surface area is 136 Å². The third kappa shape index (κ3) is 3.83. The lowest BCUT2D eigenvalue weighted by atomic mass is 9.86. The van der Waals surface area contributed by atoms with Crippen LogP contribution in [0, 0.1) is 5.92 Å². The average Bonchev–Trinajstić information content (AvgIpc) is 2.75. The number of hydrogen-bond donors (Lipinski definition) is 1. The average molecular weight is 322 g/mol. The SMILES string of the molecule is C[C@@H]1CCCC[C@H]1NC(=O)CSc1nnc2n1CCCCC2. The summed E-state index contributed by atoms with van der Waals surface area (Å²) in [5.74, 6) is 2.27. The van der Waals surface area contributed by atoms with E-state index >= 15 is 0 Å². The maximum Gasteiger partial charge on any atom is 0.230 e. The molecule has 1 N–H and O–H groups in total. The molecule has 1 saturated carbocycles. The number of fused-ring (bicyclic) bond motifs is 1. The molecule has 1 aliphatic carbocycles. The Hall–Kier alpha value is -1.04. The van der Waals surface area contributed by atoms with Gasteiger partial charge in [-0.2, -0.15) is 0 Å². The lowest BCUT2D eigenvalue weighted by Crippen LogP contribution is -2.41. The van der Waals surface area contributed by atoms with Crippen molar-refractivity contribution >= 4 is 17.7 Å². The van der Waals surface area contributed by atoms with Crippen LogP contribution < -0.4 is 5.32 Å². The van der Waals surface area contributed by atoms with Crippen LogP contribution in [0.1, 0.15) is 57.7 Å². The van der Waals surface area contributed by atoms with Crippen molar-refractivity contribution in [3.05, 3.63) is 5.82 Å². The van der Waals surface area contributed by atoms with Crippen molar-refractivity contribution in [2.45, 2.75) is 76.0 Å². The molecule has 2 aliphatic rings. The molecule has 0 aromatic carbocycles. The molecular weight excluding hydrogens is 296 g/mol. The van der Waals surface area contributed by atoms with Gasteiger partial charge in [-0.1, -0.05) is 37.9 Å². The first-order chi connectivity index (χ1) is 10.7. The van der Waals surface area contributed by atoms with Crippen molar-refractivity contribution in [2.75, 3.05) is 5.75 Å². The number of hydrogen-bond acceptors (Lipinski definition) is 4. The number of rotatable bonds is 4. The van der Waals surface area contributed by atoms with E-state index in [9.17, 15) is 4.79 Å². The molecular formula is C16H26N4OS. The number of amides is 1. The lowest BCUT2D eigenvalue weighted by Gasteiger charge is -2.29. The summed E-state index contributed by atoms with van der Waals surface area (Å²) in [5, 5.41) is 12.7. The van der Waals surface area contributed by atoms with E-state index in [0.29, 0.717) is 17.7 Å². The second-order valence-corrected chi connectivity index (χ2v) is 7.53. The van der Waals surface area contributed by atoms with Gasteiger partial charge in [0, 0.05) is 19.0 Å². The molecule has 0 radical (unpaired) electrons. The van der Waals surface area contributed by atoms with Gasteiger partial charge in [-0.05, 0) is 31.6 Å². The smallest absolute Gasteiger partial charge is 0.230 e. The highest BCUT2D eigenvalue weighted by Gasteiger charge is 2.23. The molecule has 122 valence electrons. The normalized spacial score (nSPS) is 25.3. The highest BCUT2D eigenvalue weighted by atomic mass is 32.2. The molecule has 1 aliphatic heterocycles. The monoisotopic (exact) mass is 322 g/mol. The van der Waals surface area contributed by atoms with Gasteiger partial charge in [-0.25, -0.2) is 0 Å². The molecule has 1 amide bonds. The summed E-state index contributed by atoms with van der Waals surface area (Å²) in [6.07, 6.45) is 9.54. The van der Waals surface area contributed by atoms with E-state index in [2.05, 4.69) is 27.0 Å². The van der Waals surface area contributed by atoms with Gasteiger partial charge < -0.3 is 9.88 Å². The Morgan fingerprint density at radius 3 is 2.95 bits per heavy atom. The van der Waals surface area contributed by atoms with E-state index in [4.69, 9.17) is 0 Å². The van der Waals surface area contributed by atoms with Gasteiger partial charge in [-0.15, -0.1) is 10.2 Å². The number of nitrogens with one attached hydrogen (secondary N) is 1. The second kappa shape index (κ2) is 7.49. The Kier molecular flexibility index (Phi) is 5.39. The van der Waals surface area contributed by atoms with E-state index in [-0.39, 0.29) is 5.91 Å². The molecule has 6 heteroatoms. The quantitative estimate of drug-likeness (QED) is 0.866. The van der Waals surface area contributed by atoms with Crippen LogP contribution in [-0.4, -0.2) is 32.5 Å². The van der Waals surface area contributed by atoms with Crippen molar-refractivity contribution in [1.29, 1.82) is 0 Å². The molecule has 2 atom stereocenters.